The molecule has 3 rings (SSSR count). The average Bonchev–Trinajstić information content (AvgIpc) is 2.38. The van der Waals surface area contributed by atoms with Gasteiger partial charge in [0.05, 0.1) is 0 Å². The number of hydrogen-bond donors (Lipinski definition) is 1. The van der Waals surface area contributed by atoms with Crippen LogP contribution in [-0.2, 0) is 0 Å². The van der Waals surface area contributed by atoms with Crippen molar-refractivity contribution in [2.45, 2.75) is 12.1 Å². The third kappa shape index (κ3) is 2.48. The third-order valence-electron chi connectivity index (χ3n) is 4.14. The summed E-state index contributed by atoms with van der Waals surface area (Å²) in [6.07, 6.45) is 0. The van der Waals surface area contributed by atoms with Gasteiger partial charge in [0.1, 0.15) is 0 Å². The maximum absolute atomic E-state index is 3.58. The maximum atomic E-state index is 3.58. The van der Waals surface area contributed by atoms with Crippen molar-refractivity contribution in [3.05, 3.63) is 34.3 Å². The lowest BCUT2D eigenvalue weighted by Gasteiger charge is -2.47. The first-order valence-corrected chi connectivity index (χ1v) is 7.44. The second-order valence-corrected chi connectivity index (χ2v) is 6.28. The molecule has 98 valence electrons. The Kier molecular flexibility index (Phi) is 3.71. The Balaban J connectivity index is 1.80. The van der Waals surface area contributed by atoms with Crippen molar-refractivity contribution in [3.8, 4) is 0 Å². The minimum absolute atomic E-state index is 0.525. The van der Waals surface area contributed by atoms with E-state index in [9.17, 15) is 0 Å². The lowest BCUT2D eigenvalue weighted by atomic mass is 9.99. The smallest absolute Gasteiger partial charge is 0.0473 e. The number of hydrogen-bond acceptors (Lipinski definition) is 3. The van der Waals surface area contributed by atoms with Gasteiger partial charge in [0, 0.05) is 49.3 Å². The highest BCUT2D eigenvalue weighted by Gasteiger charge is 2.33. The number of halogens is 1. The van der Waals surface area contributed by atoms with Gasteiger partial charge in [-0.05, 0) is 24.7 Å². The van der Waals surface area contributed by atoms with Crippen LogP contribution in [0.5, 0.6) is 0 Å². The number of nitrogens with one attached hydrogen (secondary N) is 1. The normalized spacial score (nSPS) is 30.1. The molecule has 2 aliphatic heterocycles. The Hall–Kier alpha value is -0.420. The summed E-state index contributed by atoms with van der Waals surface area (Å²) in [5.74, 6) is 0. The van der Waals surface area contributed by atoms with Crippen molar-refractivity contribution < 1.29 is 0 Å². The maximum Gasteiger partial charge on any atom is 0.0473 e. The topological polar surface area (TPSA) is 18.5 Å². The highest BCUT2D eigenvalue weighted by Crippen LogP contribution is 2.28. The second-order valence-electron chi connectivity index (χ2n) is 5.36. The fraction of sp³-hybridized carbons (Fsp3) is 0.571. The number of fused-ring (bicyclic) bond motifs is 1. The van der Waals surface area contributed by atoms with E-state index in [0.717, 1.165) is 26.2 Å². The van der Waals surface area contributed by atoms with Crippen LogP contribution in [0, 0.1) is 0 Å². The Morgan fingerprint density at radius 2 is 2.22 bits per heavy atom. The molecule has 1 aromatic rings. The number of rotatable bonds is 1. The predicted molar refractivity (Wildman–Crippen MR) is 77.7 cm³/mol. The van der Waals surface area contributed by atoms with Crippen molar-refractivity contribution in [1.29, 1.82) is 0 Å². The van der Waals surface area contributed by atoms with Gasteiger partial charge in [0.2, 0.25) is 0 Å². The fourth-order valence-electron chi connectivity index (χ4n) is 3.12. The van der Waals surface area contributed by atoms with Gasteiger partial charge in [-0.3, -0.25) is 9.80 Å². The van der Waals surface area contributed by atoms with Crippen LogP contribution in [0.3, 0.4) is 0 Å². The number of likely N-dealkylation sites (N-methyl/N-ethyl adjacent to an activating group) is 1. The molecule has 18 heavy (non-hydrogen) atoms. The SMILES string of the molecule is CN1CC2CNCCN2CC1c1cccc(Br)c1. The summed E-state index contributed by atoms with van der Waals surface area (Å²) in [6.45, 7) is 5.76. The Morgan fingerprint density at radius 3 is 3.06 bits per heavy atom. The van der Waals surface area contributed by atoms with Crippen LogP contribution >= 0.6 is 15.9 Å². The lowest BCUT2D eigenvalue weighted by molar-refractivity contribution is 0.0300. The van der Waals surface area contributed by atoms with E-state index >= 15 is 0 Å². The molecule has 2 heterocycles. The standard InChI is InChI=1S/C14H20BrN3/c1-17-9-13-8-16-5-6-18(13)10-14(17)11-3-2-4-12(15)7-11/h2-4,7,13-14,16H,5-6,8-10H2,1H3. The van der Waals surface area contributed by atoms with E-state index in [1.807, 2.05) is 0 Å². The highest BCUT2D eigenvalue weighted by molar-refractivity contribution is 9.10. The molecule has 4 heteroatoms. The van der Waals surface area contributed by atoms with Gasteiger partial charge < -0.3 is 5.32 Å². The summed E-state index contributed by atoms with van der Waals surface area (Å²) in [7, 11) is 2.25. The van der Waals surface area contributed by atoms with Gasteiger partial charge in [0.15, 0.2) is 0 Å². The second kappa shape index (κ2) is 5.29. The van der Waals surface area contributed by atoms with E-state index in [1.54, 1.807) is 0 Å². The molecule has 2 unspecified atom stereocenters. The van der Waals surface area contributed by atoms with Gasteiger partial charge in [-0.2, -0.15) is 0 Å². The lowest BCUT2D eigenvalue weighted by Crippen LogP contribution is -2.61. The molecule has 0 aliphatic carbocycles. The third-order valence-corrected chi connectivity index (χ3v) is 4.64. The Morgan fingerprint density at radius 1 is 1.33 bits per heavy atom. The van der Waals surface area contributed by atoms with Crippen LogP contribution in [0.25, 0.3) is 0 Å². The van der Waals surface area contributed by atoms with Crippen molar-refractivity contribution in [3.63, 3.8) is 0 Å². The van der Waals surface area contributed by atoms with E-state index in [4.69, 9.17) is 0 Å². The van der Waals surface area contributed by atoms with Crippen LogP contribution in [-0.4, -0.2) is 55.6 Å². The molecule has 0 saturated carbocycles. The van der Waals surface area contributed by atoms with Gasteiger partial charge >= 0.3 is 0 Å². The molecule has 2 fully saturated rings. The molecule has 0 aromatic heterocycles. The quantitative estimate of drug-likeness (QED) is 0.852. The van der Waals surface area contributed by atoms with Crippen molar-refractivity contribution in [2.24, 2.45) is 0 Å². The summed E-state index contributed by atoms with van der Waals surface area (Å²) >= 11 is 3.58. The molecule has 2 atom stereocenters. The van der Waals surface area contributed by atoms with Crippen LogP contribution < -0.4 is 5.32 Å². The molecule has 0 spiro atoms. The molecular formula is C14H20BrN3. The van der Waals surface area contributed by atoms with Crippen LogP contribution in [0.1, 0.15) is 11.6 Å². The molecule has 3 nitrogen and oxygen atoms in total. The number of piperazine rings is 2. The average molecular weight is 310 g/mol. The van der Waals surface area contributed by atoms with Crippen LogP contribution in [0.2, 0.25) is 0 Å². The molecule has 0 bridgehead atoms. The number of benzene rings is 1. The fourth-order valence-corrected chi connectivity index (χ4v) is 3.54. The first kappa shape index (κ1) is 12.6. The summed E-state index contributed by atoms with van der Waals surface area (Å²) in [5, 5.41) is 3.49. The zero-order valence-corrected chi connectivity index (χ0v) is 12.4. The molecule has 1 aromatic carbocycles. The van der Waals surface area contributed by atoms with E-state index in [0.29, 0.717) is 12.1 Å². The van der Waals surface area contributed by atoms with E-state index < -0.39 is 0 Å². The van der Waals surface area contributed by atoms with Crippen molar-refractivity contribution in [1.82, 2.24) is 15.1 Å². The first-order valence-electron chi connectivity index (χ1n) is 6.64. The Labute approximate surface area is 117 Å². The van der Waals surface area contributed by atoms with Crippen LogP contribution in [0.4, 0.5) is 0 Å². The van der Waals surface area contributed by atoms with Crippen molar-refractivity contribution in [2.75, 3.05) is 39.8 Å². The summed E-state index contributed by atoms with van der Waals surface area (Å²) < 4.78 is 1.18. The summed E-state index contributed by atoms with van der Waals surface area (Å²) in [4.78, 5) is 5.14. The molecule has 0 radical (unpaired) electrons. The molecule has 1 N–H and O–H groups in total. The monoisotopic (exact) mass is 309 g/mol. The highest BCUT2D eigenvalue weighted by atomic mass is 79.9. The Bertz CT molecular complexity index is 423. The molecule has 2 aliphatic rings. The van der Waals surface area contributed by atoms with E-state index in [-0.39, 0.29) is 0 Å². The predicted octanol–water partition coefficient (Wildman–Crippen LogP) is 1.71. The summed E-state index contributed by atoms with van der Waals surface area (Å²) in [6, 6.07) is 9.94. The molecular weight excluding hydrogens is 290 g/mol. The minimum atomic E-state index is 0.525. The summed E-state index contributed by atoms with van der Waals surface area (Å²) in [5.41, 5.74) is 1.42. The largest absolute Gasteiger partial charge is 0.314 e. The van der Waals surface area contributed by atoms with Gasteiger partial charge in [0.25, 0.3) is 0 Å². The van der Waals surface area contributed by atoms with Gasteiger partial charge in [-0.15, -0.1) is 0 Å². The first-order chi connectivity index (χ1) is 8.74. The van der Waals surface area contributed by atoms with Gasteiger partial charge in [-0.1, -0.05) is 28.1 Å². The van der Waals surface area contributed by atoms with Gasteiger partial charge in [-0.25, -0.2) is 0 Å². The molecule has 2 saturated heterocycles. The minimum Gasteiger partial charge on any atom is -0.314 e. The number of nitrogens with zero attached hydrogens (tertiary/aromatic N) is 2. The van der Waals surface area contributed by atoms with E-state index in [2.05, 4.69) is 62.4 Å². The zero-order valence-electron chi connectivity index (χ0n) is 10.8. The van der Waals surface area contributed by atoms with E-state index in [1.165, 1.54) is 16.6 Å². The zero-order chi connectivity index (χ0) is 12.5. The molecule has 0 amide bonds. The van der Waals surface area contributed by atoms with Crippen molar-refractivity contribution >= 4 is 15.9 Å². The van der Waals surface area contributed by atoms with Crippen LogP contribution in [0.15, 0.2) is 28.7 Å².